The van der Waals surface area contributed by atoms with Crippen molar-refractivity contribution in [3.8, 4) is 5.75 Å². The SMILES string of the molecule is CNC1CCC(N(C)c2cc(OC)ccc2[N+](=O)[O-])CC1. The van der Waals surface area contributed by atoms with Crippen molar-refractivity contribution in [1.29, 1.82) is 0 Å². The highest BCUT2D eigenvalue weighted by molar-refractivity contribution is 5.66. The molecule has 0 bridgehead atoms. The average molecular weight is 293 g/mol. The minimum absolute atomic E-state index is 0.133. The molecule has 1 fully saturated rings. The van der Waals surface area contributed by atoms with Crippen LogP contribution in [-0.2, 0) is 0 Å². The zero-order chi connectivity index (χ0) is 15.4. The van der Waals surface area contributed by atoms with E-state index < -0.39 is 0 Å². The van der Waals surface area contributed by atoms with Crippen LogP contribution in [0.4, 0.5) is 11.4 Å². The van der Waals surface area contributed by atoms with Gasteiger partial charge < -0.3 is 15.0 Å². The van der Waals surface area contributed by atoms with E-state index in [0.29, 0.717) is 23.5 Å². The molecule has 1 aliphatic rings. The summed E-state index contributed by atoms with van der Waals surface area (Å²) in [4.78, 5) is 12.9. The van der Waals surface area contributed by atoms with Crippen molar-refractivity contribution >= 4 is 11.4 Å². The van der Waals surface area contributed by atoms with Gasteiger partial charge in [-0.2, -0.15) is 0 Å². The fourth-order valence-corrected chi connectivity index (χ4v) is 3.02. The number of hydrogen-bond donors (Lipinski definition) is 1. The van der Waals surface area contributed by atoms with Crippen molar-refractivity contribution in [1.82, 2.24) is 5.32 Å². The summed E-state index contributed by atoms with van der Waals surface area (Å²) in [5.74, 6) is 0.645. The number of anilines is 1. The van der Waals surface area contributed by atoms with Gasteiger partial charge in [-0.15, -0.1) is 0 Å². The van der Waals surface area contributed by atoms with E-state index >= 15 is 0 Å². The van der Waals surface area contributed by atoms with Gasteiger partial charge in [0.1, 0.15) is 11.4 Å². The molecule has 0 atom stereocenters. The quantitative estimate of drug-likeness (QED) is 0.667. The Labute approximate surface area is 125 Å². The maximum atomic E-state index is 11.2. The third kappa shape index (κ3) is 3.44. The first-order valence-electron chi connectivity index (χ1n) is 7.29. The van der Waals surface area contributed by atoms with Crippen LogP contribution in [0, 0.1) is 10.1 Å². The van der Waals surface area contributed by atoms with Crippen molar-refractivity contribution in [3.63, 3.8) is 0 Å². The Kier molecular flexibility index (Phi) is 5.01. The van der Waals surface area contributed by atoms with Gasteiger partial charge in [-0.05, 0) is 38.8 Å². The number of nitro benzene ring substituents is 1. The van der Waals surface area contributed by atoms with Crippen LogP contribution in [0.25, 0.3) is 0 Å². The highest BCUT2D eigenvalue weighted by Crippen LogP contribution is 2.35. The number of nitrogens with one attached hydrogen (secondary N) is 1. The van der Waals surface area contributed by atoms with Crippen LogP contribution >= 0.6 is 0 Å². The van der Waals surface area contributed by atoms with Gasteiger partial charge in [0.25, 0.3) is 5.69 Å². The number of rotatable bonds is 5. The van der Waals surface area contributed by atoms with Gasteiger partial charge in [0.05, 0.1) is 12.0 Å². The Balaban J connectivity index is 2.21. The first kappa shape index (κ1) is 15.6. The molecule has 2 rings (SSSR count). The van der Waals surface area contributed by atoms with Gasteiger partial charge >= 0.3 is 0 Å². The Hall–Kier alpha value is -1.82. The molecular weight excluding hydrogens is 270 g/mol. The number of ether oxygens (including phenoxy) is 1. The van der Waals surface area contributed by atoms with Gasteiger partial charge in [0.15, 0.2) is 0 Å². The smallest absolute Gasteiger partial charge is 0.292 e. The Morgan fingerprint density at radius 2 is 2.00 bits per heavy atom. The standard InChI is InChI=1S/C15H23N3O3/c1-16-11-4-6-12(7-5-11)17(2)15-10-13(21-3)8-9-14(15)18(19)20/h8-12,16H,4-7H2,1-3H3. The van der Waals surface area contributed by atoms with E-state index in [1.54, 1.807) is 19.2 Å². The lowest BCUT2D eigenvalue weighted by atomic mass is 9.90. The van der Waals surface area contributed by atoms with Crippen LogP contribution in [0.15, 0.2) is 18.2 Å². The van der Waals surface area contributed by atoms with E-state index in [1.807, 2.05) is 19.0 Å². The number of nitro groups is 1. The highest BCUT2D eigenvalue weighted by Gasteiger charge is 2.27. The lowest BCUT2D eigenvalue weighted by molar-refractivity contribution is -0.384. The molecule has 0 spiro atoms. The molecule has 1 aromatic carbocycles. The molecule has 1 N–H and O–H groups in total. The molecule has 0 unspecified atom stereocenters. The summed E-state index contributed by atoms with van der Waals surface area (Å²) in [7, 11) is 5.50. The molecule has 0 aliphatic heterocycles. The summed E-state index contributed by atoms with van der Waals surface area (Å²) in [5.41, 5.74) is 0.765. The van der Waals surface area contributed by atoms with Gasteiger partial charge in [-0.1, -0.05) is 0 Å². The summed E-state index contributed by atoms with van der Waals surface area (Å²) >= 11 is 0. The lowest BCUT2D eigenvalue weighted by Gasteiger charge is -2.35. The van der Waals surface area contributed by atoms with Crippen LogP contribution < -0.4 is 15.0 Å². The molecule has 1 saturated carbocycles. The number of nitrogens with zero attached hydrogens (tertiary/aromatic N) is 2. The first-order valence-corrected chi connectivity index (χ1v) is 7.29. The summed E-state index contributed by atoms with van der Waals surface area (Å²) in [5, 5.41) is 14.5. The zero-order valence-corrected chi connectivity index (χ0v) is 12.8. The van der Waals surface area contributed by atoms with Crippen LogP contribution in [0.5, 0.6) is 5.75 Å². The predicted molar refractivity (Wildman–Crippen MR) is 83.2 cm³/mol. The van der Waals surface area contributed by atoms with Gasteiger partial charge in [0.2, 0.25) is 0 Å². The van der Waals surface area contributed by atoms with Crippen LogP contribution in [-0.4, -0.2) is 38.2 Å². The van der Waals surface area contributed by atoms with Crippen LogP contribution in [0.3, 0.4) is 0 Å². The molecule has 21 heavy (non-hydrogen) atoms. The van der Waals surface area contributed by atoms with Crippen LogP contribution in [0.1, 0.15) is 25.7 Å². The van der Waals surface area contributed by atoms with Crippen molar-refractivity contribution in [2.24, 2.45) is 0 Å². The fourth-order valence-electron chi connectivity index (χ4n) is 3.02. The third-order valence-corrected chi connectivity index (χ3v) is 4.41. The van der Waals surface area contributed by atoms with Gasteiger partial charge in [-0.25, -0.2) is 0 Å². The second-order valence-corrected chi connectivity index (χ2v) is 5.52. The molecular formula is C15H23N3O3. The Bertz CT molecular complexity index is 499. The van der Waals surface area contributed by atoms with E-state index in [4.69, 9.17) is 4.74 Å². The van der Waals surface area contributed by atoms with Crippen molar-refractivity contribution < 1.29 is 9.66 Å². The highest BCUT2D eigenvalue weighted by atomic mass is 16.6. The minimum Gasteiger partial charge on any atom is -0.497 e. The molecule has 116 valence electrons. The molecule has 0 radical (unpaired) electrons. The molecule has 0 aromatic heterocycles. The maximum Gasteiger partial charge on any atom is 0.292 e. The predicted octanol–water partition coefficient (Wildman–Crippen LogP) is 2.57. The topological polar surface area (TPSA) is 67.6 Å². The maximum absolute atomic E-state index is 11.2. The molecule has 0 heterocycles. The molecule has 0 amide bonds. The summed E-state index contributed by atoms with van der Waals surface area (Å²) in [6.45, 7) is 0. The van der Waals surface area contributed by atoms with Gasteiger partial charge in [0, 0.05) is 31.3 Å². The second-order valence-electron chi connectivity index (χ2n) is 5.52. The second kappa shape index (κ2) is 6.76. The third-order valence-electron chi connectivity index (χ3n) is 4.41. The van der Waals surface area contributed by atoms with E-state index in [1.165, 1.54) is 6.07 Å². The van der Waals surface area contributed by atoms with E-state index in [0.717, 1.165) is 25.7 Å². The van der Waals surface area contributed by atoms with Crippen molar-refractivity contribution in [2.45, 2.75) is 37.8 Å². The Morgan fingerprint density at radius 3 is 2.52 bits per heavy atom. The molecule has 1 aliphatic carbocycles. The van der Waals surface area contributed by atoms with E-state index in [-0.39, 0.29) is 10.6 Å². The molecule has 6 nitrogen and oxygen atoms in total. The van der Waals surface area contributed by atoms with Crippen LogP contribution in [0.2, 0.25) is 0 Å². The number of hydrogen-bond acceptors (Lipinski definition) is 5. The first-order chi connectivity index (χ1) is 10.1. The van der Waals surface area contributed by atoms with E-state index in [9.17, 15) is 10.1 Å². The minimum atomic E-state index is -0.329. The number of methoxy groups -OCH3 is 1. The lowest BCUT2D eigenvalue weighted by Crippen LogP contribution is -2.40. The normalized spacial score (nSPS) is 21.9. The van der Waals surface area contributed by atoms with E-state index in [2.05, 4.69) is 5.32 Å². The average Bonchev–Trinajstić information content (AvgIpc) is 2.53. The van der Waals surface area contributed by atoms with Gasteiger partial charge in [-0.3, -0.25) is 10.1 Å². The van der Waals surface area contributed by atoms with Crippen molar-refractivity contribution in [3.05, 3.63) is 28.3 Å². The monoisotopic (exact) mass is 293 g/mol. The van der Waals surface area contributed by atoms with Crippen molar-refractivity contribution in [2.75, 3.05) is 26.1 Å². The molecule has 6 heteroatoms. The Morgan fingerprint density at radius 1 is 1.33 bits per heavy atom. The number of benzene rings is 1. The summed E-state index contributed by atoms with van der Waals surface area (Å²) in [6.07, 6.45) is 4.28. The largest absolute Gasteiger partial charge is 0.497 e. The summed E-state index contributed by atoms with van der Waals surface area (Å²) < 4.78 is 5.20. The zero-order valence-electron chi connectivity index (χ0n) is 12.8. The molecule has 0 saturated heterocycles. The molecule has 1 aromatic rings. The fraction of sp³-hybridized carbons (Fsp3) is 0.600. The summed E-state index contributed by atoms with van der Waals surface area (Å²) in [6, 6.07) is 5.80.